The Hall–Kier alpha value is -1.15. The van der Waals surface area contributed by atoms with Gasteiger partial charge in [-0.2, -0.15) is 13.2 Å². The fourth-order valence-electron chi connectivity index (χ4n) is 1.98. The van der Waals surface area contributed by atoms with E-state index in [0.717, 1.165) is 4.57 Å². The Balaban J connectivity index is 2.16. The summed E-state index contributed by atoms with van der Waals surface area (Å²) in [5, 5.41) is 6.80. The summed E-state index contributed by atoms with van der Waals surface area (Å²) in [7, 11) is 0. The van der Waals surface area contributed by atoms with E-state index in [4.69, 9.17) is 5.73 Å². The first-order chi connectivity index (χ1) is 7.88. The Kier molecular flexibility index (Phi) is 3.09. The van der Waals surface area contributed by atoms with Gasteiger partial charge in [-0.05, 0) is 6.92 Å². The molecule has 1 aromatic rings. The molecule has 17 heavy (non-hydrogen) atoms. The molecular formula is C9H14F3N5. The van der Waals surface area contributed by atoms with Crippen LogP contribution in [0.15, 0.2) is 0 Å². The normalized spacial score (nSPS) is 19.1. The van der Waals surface area contributed by atoms with E-state index in [0.29, 0.717) is 25.5 Å². The van der Waals surface area contributed by atoms with Crippen LogP contribution in [0, 0.1) is 0 Å². The predicted molar refractivity (Wildman–Crippen MR) is 54.0 cm³/mol. The highest BCUT2D eigenvalue weighted by Crippen LogP contribution is 2.29. The van der Waals surface area contributed by atoms with Crippen LogP contribution in [-0.4, -0.2) is 38.8 Å². The summed E-state index contributed by atoms with van der Waals surface area (Å²) in [5.74, 6) is -0.558. The fraction of sp³-hybridized carbons (Fsp3) is 0.778. The minimum Gasteiger partial charge on any atom is -0.327 e. The summed E-state index contributed by atoms with van der Waals surface area (Å²) in [6, 6.07) is -0.00782. The van der Waals surface area contributed by atoms with Crippen molar-refractivity contribution in [2.24, 2.45) is 5.73 Å². The third-order valence-electron chi connectivity index (χ3n) is 2.63. The molecule has 96 valence electrons. The Morgan fingerprint density at radius 1 is 1.35 bits per heavy atom. The molecule has 2 N–H and O–H groups in total. The molecule has 2 rings (SSSR count). The first kappa shape index (κ1) is 12.3. The highest BCUT2D eigenvalue weighted by atomic mass is 19.4. The van der Waals surface area contributed by atoms with Gasteiger partial charge < -0.3 is 10.3 Å². The first-order valence-corrected chi connectivity index (χ1v) is 5.35. The number of nitrogens with zero attached hydrogens (tertiary/aromatic N) is 4. The molecule has 5 nitrogen and oxygen atoms in total. The summed E-state index contributed by atoms with van der Waals surface area (Å²) >= 11 is 0. The van der Waals surface area contributed by atoms with Gasteiger partial charge >= 0.3 is 6.18 Å². The largest absolute Gasteiger partial charge is 0.451 e. The Bertz CT molecular complexity index is 398. The number of aromatic nitrogens is 3. The molecule has 0 bridgehead atoms. The topological polar surface area (TPSA) is 60.0 Å². The highest BCUT2D eigenvalue weighted by molar-refractivity contribution is 5.02. The first-order valence-electron chi connectivity index (χ1n) is 5.35. The zero-order valence-corrected chi connectivity index (χ0v) is 9.41. The summed E-state index contributed by atoms with van der Waals surface area (Å²) in [6.45, 7) is 3.67. The lowest BCUT2D eigenvalue weighted by atomic mass is 10.3. The maximum atomic E-state index is 12.6. The zero-order chi connectivity index (χ0) is 12.6. The van der Waals surface area contributed by atoms with Gasteiger partial charge in [-0.15, -0.1) is 10.2 Å². The van der Waals surface area contributed by atoms with Crippen LogP contribution < -0.4 is 5.73 Å². The van der Waals surface area contributed by atoms with E-state index in [9.17, 15) is 13.2 Å². The second-order valence-electron chi connectivity index (χ2n) is 4.30. The SMILES string of the molecule is C[C@@H](N)CN1CCn2c(nnc2C(F)(F)F)C1. The van der Waals surface area contributed by atoms with Crippen molar-refractivity contribution in [2.75, 3.05) is 13.1 Å². The Morgan fingerprint density at radius 3 is 2.65 bits per heavy atom. The Morgan fingerprint density at radius 2 is 2.06 bits per heavy atom. The van der Waals surface area contributed by atoms with Gasteiger partial charge in [0, 0.05) is 25.7 Å². The number of nitrogens with two attached hydrogens (primary N) is 1. The summed E-state index contributed by atoms with van der Waals surface area (Å²) in [6.07, 6.45) is -4.44. The molecular weight excluding hydrogens is 235 g/mol. The standard InChI is InChI=1S/C9H14F3N5/c1-6(13)4-16-2-3-17-7(5-16)14-15-8(17)9(10,11)12/h6H,2-5,13H2,1H3/t6-/m1/s1. The zero-order valence-electron chi connectivity index (χ0n) is 9.41. The monoisotopic (exact) mass is 249 g/mol. The summed E-state index contributed by atoms with van der Waals surface area (Å²) in [4.78, 5) is 1.98. The van der Waals surface area contributed by atoms with Crippen LogP contribution in [0.4, 0.5) is 13.2 Å². The third kappa shape index (κ3) is 2.58. The van der Waals surface area contributed by atoms with E-state index in [1.165, 1.54) is 0 Å². The second-order valence-corrected chi connectivity index (χ2v) is 4.30. The van der Waals surface area contributed by atoms with E-state index < -0.39 is 12.0 Å². The minimum atomic E-state index is -4.44. The maximum Gasteiger partial charge on any atom is 0.451 e. The van der Waals surface area contributed by atoms with Crippen LogP contribution in [0.3, 0.4) is 0 Å². The lowest BCUT2D eigenvalue weighted by molar-refractivity contribution is -0.148. The number of hydrogen-bond donors (Lipinski definition) is 1. The number of halogens is 3. The highest BCUT2D eigenvalue weighted by Gasteiger charge is 2.39. The van der Waals surface area contributed by atoms with Gasteiger partial charge in [-0.25, -0.2) is 0 Å². The Labute approximate surface area is 96.4 Å². The number of alkyl halides is 3. The van der Waals surface area contributed by atoms with E-state index in [-0.39, 0.29) is 12.6 Å². The molecule has 1 aromatic heterocycles. The summed E-state index contributed by atoms with van der Waals surface area (Å²) < 4.78 is 38.8. The van der Waals surface area contributed by atoms with Gasteiger partial charge in [0.05, 0.1) is 6.54 Å². The number of rotatable bonds is 2. The van der Waals surface area contributed by atoms with Gasteiger partial charge in [0.1, 0.15) is 5.82 Å². The smallest absolute Gasteiger partial charge is 0.327 e. The molecule has 8 heteroatoms. The molecule has 0 radical (unpaired) electrons. The van der Waals surface area contributed by atoms with E-state index in [1.54, 1.807) is 0 Å². The van der Waals surface area contributed by atoms with E-state index >= 15 is 0 Å². The lowest BCUT2D eigenvalue weighted by Crippen LogP contribution is -2.41. The molecule has 0 unspecified atom stereocenters. The molecule has 1 aliphatic heterocycles. The van der Waals surface area contributed by atoms with Crippen molar-refractivity contribution >= 4 is 0 Å². The predicted octanol–water partition coefficient (Wildman–Crippen LogP) is 0.460. The third-order valence-corrected chi connectivity index (χ3v) is 2.63. The van der Waals surface area contributed by atoms with Crippen LogP contribution in [0.2, 0.25) is 0 Å². The van der Waals surface area contributed by atoms with Crippen LogP contribution in [-0.2, 0) is 19.3 Å². The molecule has 0 fully saturated rings. The van der Waals surface area contributed by atoms with E-state index in [1.807, 2.05) is 11.8 Å². The van der Waals surface area contributed by atoms with Gasteiger partial charge in [0.15, 0.2) is 0 Å². The van der Waals surface area contributed by atoms with Crippen molar-refractivity contribution in [1.29, 1.82) is 0 Å². The molecule has 0 amide bonds. The molecule has 1 atom stereocenters. The molecule has 0 saturated carbocycles. The lowest BCUT2D eigenvalue weighted by Gasteiger charge is -2.28. The van der Waals surface area contributed by atoms with Crippen LogP contribution in [0.5, 0.6) is 0 Å². The van der Waals surface area contributed by atoms with Crippen molar-refractivity contribution in [3.05, 3.63) is 11.6 Å². The molecule has 0 spiro atoms. The van der Waals surface area contributed by atoms with Crippen LogP contribution in [0.25, 0.3) is 0 Å². The van der Waals surface area contributed by atoms with Crippen molar-refractivity contribution in [3.8, 4) is 0 Å². The van der Waals surface area contributed by atoms with Gasteiger partial charge in [-0.1, -0.05) is 0 Å². The summed E-state index contributed by atoms with van der Waals surface area (Å²) in [5.41, 5.74) is 5.65. The van der Waals surface area contributed by atoms with Crippen LogP contribution in [0.1, 0.15) is 18.6 Å². The maximum absolute atomic E-state index is 12.6. The average molecular weight is 249 g/mol. The molecule has 2 heterocycles. The van der Waals surface area contributed by atoms with Gasteiger partial charge in [-0.3, -0.25) is 4.90 Å². The minimum absolute atomic E-state index is 0.00782. The van der Waals surface area contributed by atoms with Gasteiger partial charge in [0.2, 0.25) is 5.82 Å². The average Bonchev–Trinajstić information content (AvgIpc) is 2.58. The second kappa shape index (κ2) is 4.26. The van der Waals surface area contributed by atoms with Crippen molar-refractivity contribution < 1.29 is 13.2 Å². The fourth-order valence-corrected chi connectivity index (χ4v) is 1.98. The van der Waals surface area contributed by atoms with Crippen molar-refractivity contribution in [3.63, 3.8) is 0 Å². The number of fused-ring (bicyclic) bond motifs is 1. The van der Waals surface area contributed by atoms with Crippen LogP contribution >= 0.6 is 0 Å². The molecule has 0 aromatic carbocycles. The van der Waals surface area contributed by atoms with Crippen molar-refractivity contribution in [1.82, 2.24) is 19.7 Å². The molecule has 0 saturated heterocycles. The van der Waals surface area contributed by atoms with E-state index in [2.05, 4.69) is 10.2 Å². The van der Waals surface area contributed by atoms with Gasteiger partial charge in [0.25, 0.3) is 0 Å². The quantitative estimate of drug-likeness (QED) is 0.827. The number of hydrogen-bond acceptors (Lipinski definition) is 4. The molecule has 0 aliphatic carbocycles. The molecule has 1 aliphatic rings. The van der Waals surface area contributed by atoms with Crippen molar-refractivity contribution in [2.45, 2.75) is 32.2 Å².